The highest BCUT2D eigenvalue weighted by atomic mass is 16.6. The van der Waals surface area contributed by atoms with Crippen LogP contribution in [0.5, 0.6) is 0 Å². The van der Waals surface area contributed by atoms with Gasteiger partial charge in [0.05, 0.1) is 17.2 Å². The van der Waals surface area contributed by atoms with Crippen molar-refractivity contribution in [2.45, 2.75) is 6.54 Å². The van der Waals surface area contributed by atoms with E-state index in [9.17, 15) is 10.1 Å². The normalized spacial score (nSPS) is 10.5. The van der Waals surface area contributed by atoms with E-state index in [4.69, 9.17) is 4.74 Å². The number of nitro benzene ring substituents is 1. The van der Waals surface area contributed by atoms with Crippen molar-refractivity contribution in [3.05, 3.63) is 52.3 Å². The van der Waals surface area contributed by atoms with E-state index in [0.29, 0.717) is 24.5 Å². The number of hydrogen-bond acceptors (Lipinski definition) is 6. The molecule has 7 nitrogen and oxygen atoms in total. The number of rotatable bonds is 7. The first-order valence-electron chi connectivity index (χ1n) is 6.47. The number of aromatic nitrogens is 2. The van der Waals surface area contributed by atoms with Gasteiger partial charge in [-0.2, -0.15) is 0 Å². The standard InChI is InChI=1S/C14H16N4O3/c1-21-8-7-15-10-12-5-6-16-14(17-12)11-3-2-4-13(9-11)18(19)20/h2-6,9,15H,7-8,10H2,1H3. The number of non-ortho nitro benzene ring substituents is 1. The fourth-order valence-electron chi connectivity index (χ4n) is 1.78. The molecule has 0 saturated heterocycles. The fraction of sp³-hybridized carbons (Fsp3) is 0.286. The molecule has 1 aromatic carbocycles. The lowest BCUT2D eigenvalue weighted by Gasteiger charge is -2.05. The average Bonchev–Trinajstić information content (AvgIpc) is 2.52. The summed E-state index contributed by atoms with van der Waals surface area (Å²) in [5, 5.41) is 14.0. The number of ether oxygens (including phenoxy) is 1. The molecule has 0 saturated carbocycles. The van der Waals surface area contributed by atoms with Crippen molar-refractivity contribution in [2.75, 3.05) is 20.3 Å². The van der Waals surface area contributed by atoms with E-state index in [1.54, 1.807) is 31.5 Å². The number of benzene rings is 1. The number of nitrogens with zero attached hydrogens (tertiary/aromatic N) is 3. The molecule has 7 heteroatoms. The van der Waals surface area contributed by atoms with E-state index in [2.05, 4.69) is 15.3 Å². The van der Waals surface area contributed by atoms with Crippen LogP contribution in [0.25, 0.3) is 11.4 Å². The summed E-state index contributed by atoms with van der Waals surface area (Å²) in [4.78, 5) is 18.9. The molecule has 0 unspecified atom stereocenters. The van der Waals surface area contributed by atoms with Crippen molar-refractivity contribution in [2.24, 2.45) is 0 Å². The maximum Gasteiger partial charge on any atom is 0.270 e. The van der Waals surface area contributed by atoms with E-state index < -0.39 is 4.92 Å². The molecule has 1 N–H and O–H groups in total. The van der Waals surface area contributed by atoms with Crippen molar-refractivity contribution in [1.29, 1.82) is 0 Å². The number of nitrogens with one attached hydrogen (secondary N) is 1. The minimum atomic E-state index is -0.431. The maximum atomic E-state index is 10.8. The molecule has 0 aliphatic rings. The molecule has 1 aromatic heterocycles. The lowest BCUT2D eigenvalue weighted by Crippen LogP contribution is -2.19. The molecule has 0 amide bonds. The molecule has 0 bridgehead atoms. The van der Waals surface area contributed by atoms with Crippen LogP contribution in [0.15, 0.2) is 36.5 Å². The van der Waals surface area contributed by atoms with Crippen molar-refractivity contribution < 1.29 is 9.66 Å². The van der Waals surface area contributed by atoms with Crippen LogP contribution in [-0.4, -0.2) is 35.2 Å². The summed E-state index contributed by atoms with van der Waals surface area (Å²) in [6.07, 6.45) is 1.65. The number of hydrogen-bond donors (Lipinski definition) is 1. The molecule has 2 rings (SSSR count). The Morgan fingerprint density at radius 3 is 3.00 bits per heavy atom. The molecule has 0 fully saturated rings. The van der Waals surface area contributed by atoms with Gasteiger partial charge in [-0.25, -0.2) is 9.97 Å². The van der Waals surface area contributed by atoms with E-state index in [0.717, 1.165) is 12.2 Å². The van der Waals surface area contributed by atoms with Gasteiger partial charge < -0.3 is 10.1 Å². The minimum Gasteiger partial charge on any atom is -0.383 e. The van der Waals surface area contributed by atoms with E-state index >= 15 is 0 Å². The molecule has 1 heterocycles. The highest BCUT2D eigenvalue weighted by molar-refractivity contribution is 5.58. The highest BCUT2D eigenvalue weighted by Crippen LogP contribution is 2.20. The predicted octanol–water partition coefficient (Wildman–Crippen LogP) is 1.79. The lowest BCUT2D eigenvalue weighted by atomic mass is 10.2. The minimum absolute atomic E-state index is 0.0275. The quantitative estimate of drug-likeness (QED) is 0.474. The van der Waals surface area contributed by atoms with E-state index in [1.807, 2.05) is 0 Å². The van der Waals surface area contributed by atoms with Gasteiger partial charge in [-0.1, -0.05) is 12.1 Å². The van der Waals surface area contributed by atoms with Gasteiger partial charge in [0.25, 0.3) is 5.69 Å². The van der Waals surface area contributed by atoms with Crippen molar-refractivity contribution >= 4 is 5.69 Å². The van der Waals surface area contributed by atoms with Crippen LogP contribution in [0.1, 0.15) is 5.69 Å². The lowest BCUT2D eigenvalue weighted by molar-refractivity contribution is -0.384. The molecule has 0 spiro atoms. The molecular formula is C14H16N4O3. The first-order chi connectivity index (χ1) is 10.2. The molecular weight excluding hydrogens is 272 g/mol. The van der Waals surface area contributed by atoms with Crippen LogP contribution in [0, 0.1) is 10.1 Å². The second kappa shape index (κ2) is 7.41. The van der Waals surface area contributed by atoms with Crippen molar-refractivity contribution in [3.63, 3.8) is 0 Å². The van der Waals surface area contributed by atoms with Crippen molar-refractivity contribution in [3.8, 4) is 11.4 Å². The second-order valence-electron chi connectivity index (χ2n) is 4.35. The zero-order valence-corrected chi connectivity index (χ0v) is 11.7. The third-order valence-electron chi connectivity index (χ3n) is 2.82. The molecule has 110 valence electrons. The van der Waals surface area contributed by atoms with Gasteiger partial charge >= 0.3 is 0 Å². The molecule has 21 heavy (non-hydrogen) atoms. The average molecular weight is 288 g/mol. The van der Waals surface area contributed by atoms with E-state index in [-0.39, 0.29) is 5.69 Å². The van der Waals surface area contributed by atoms with Crippen LogP contribution in [0.4, 0.5) is 5.69 Å². The molecule has 0 atom stereocenters. The topological polar surface area (TPSA) is 90.2 Å². The summed E-state index contributed by atoms with van der Waals surface area (Å²) in [5.41, 5.74) is 1.48. The van der Waals surface area contributed by atoms with Gasteiger partial charge in [-0.15, -0.1) is 0 Å². The zero-order valence-electron chi connectivity index (χ0n) is 11.7. The SMILES string of the molecule is COCCNCc1ccnc(-c2cccc([N+](=O)[O-])c2)n1. The Balaban J connectivity index is 2.13. The van der Waals surface area contributed by atoms with Gasteiger partial charge in [0.1, 0.15) is 0 Å². The summed E-state index contributed by atoms with van der Waals surface area (Å²) >= 11 is 0. The zero-order chi connectivity index (χ0) is 15.1. The van der Waals surface area contributed by atoms with Crippen molar-refractivity contribution in [1.82, 2.24) is 15.3 Å². The molecule has 0 aliphatic carbocycles. The Kier molecular flexibility index (Phi) is 5.30. The summed E-state index contributed by atoms with van der Waals surface area (Å²) < 4.78 is 4.95. The first kappa shape index (κ1) is 15.0. The van der Waals surface area contributed by atoms with Crippen LogP contribution in [-0.2, 0) is 11.3 Å². The Morgan fingerprint density at radius 1 is 1.38 bits per heavy atom. The maximum absolute atomic E-state index is 10.8. The highest BCUT2D eigenvalue weighted by Gasteiger charge is 2.09. The fourth-order valence-corrected chi connectivity index (χ4v) is 1.78. The third-order valence-corrected chi connectivity index (χ3v) is 2.82. The van der Waals surface area contributed by atoms with Gasteiger partial charge in [0.15, 0.2) is 5.82 Å². The summed E-state index contributed by atoms with van der Waals surface area (Å²) in [7, 11) is 1.65. The Bertz CT molecular complexity index is 619. The molecule has 0 aliphatic heterocycles. The largest absolute Gasteiger partial charge is 0.383 e. The summed E-state index contributed by atoms with van der Waals surface area (Å²) in [6, 6.07) is 8.10. The summed E-state index contributed by atoms with van der Waals surface area (Å²) in [5.74, 6) is 0.477. The molecule has 2 aromatic rings. The Morgan fingerprint density at radius 2 is 2.24 bits per heavy atom. The van der Waals surface area contributed by atoms with Gasteiger partial charge in [-0.3, -0.25) is 10.1 Å². The first-order valence-corrected chi connectivity index (χ1v) is 6.47. The monoisotopic (exact) mass is 288 g/mol. The van der Waals surface area contributed by atoms with Crippen LogP contribution >= 0.6 is 0 Å². The number of methoxy groups -OCH3 is 1. The van der Waals surface area contributed by atoms with Gasteiger partial charge in [0, 0.05) is 44.1 Å². The van der Waals surface area contributed by atoms with E-state index in [1.165, 1.54) is 12.1 Å². The Hall–Kier alpha value is -2.38. The summed E-state index contributed by atoms with van der Waals surface area (Å²) in [6.45, 7) is 1.95. The smallest absolute Gasteiger partial charge is 0.270 e. The van der Waals surface area contributed by atoms with Gasteiger partial charge in [0.2, 0.25) is 0 Å². The third kappa shape index (κ3) is 4.30. The van der Waals surface area contributed by atoms with Crippen LogP contribution < -0.4 is 5.32 Å². The van der Waals surface area contributed by atoms with Crippen LogP contribution in [0.3, 0.4) is 0 Å². The van der Waals surface area contributed by atoms with Crippen LogP contribution in [0.2, 0.25) is 0 Å². The molecule has 0 radical (unpaired) electrons. The van der Waals surface area contributed by atoms with Gasteiger partial charge in [-0.05, 0) is 6.07 Å². The number of nitro groups is 1. The predicted molar refractivity (Wildman–Crippen MR) is 77.7 cm³/mol. The Labute approximate surface area is 122 Å². The second-order valence-corrected chi connectivity index (χ2v) is 4.35.